The second-order valence-electron chi connectivity index (χ2n) is 5.01. The molecule has 1 atom stereocenters. The SMILES string of the molecule is CC(O)(CNC1CC1)c1cccc(C(F)(F)F)c1. The number of halogens is 3. The van der Waals surface area contributed by atoms with Gasteiger partial charge in [0.15, 0.2) is 0 Å². The molecule has 0 bridgehead atoms. The molecule has 0 radical (unpaired) electrons. The lowest BCUT2D eigenvalue weighted by molar-refractivity contribution is -0.137. The van der Waals surface area contributed by atoms with Gasteiger partial charge in [-0.2, -0.15) is 13.2 Å². The molecule has 2 N–H and O–H groups in total. The van der Waals surface area contributed by atoms with Gasteiger partial charge < -0.3 is 10.4 Å². The number of rotatable bonds is 4. The van der Waals surface area contributed by atoms with Crippen LogP contribution in [0.15, 0.2) is 24.3 Å². The van der Waals surface area contributed by atoms with E-state index in [0.29, 0.717) is 6.04 Å². The van der Waals surface area contributed by atoms with E-state index < -0.39 is 17.3 Å². The summed E-state index contributed by atoms with van der Waals surface area (Å²) in [6, 6.07) is 5.26. The molecule has 1 saturated carbocycles. The second-order valence-corrected chi connectivity index (χ2v) is 5.01. The fourth-order valence-corrected chi connectivity index (χ4v) is 1.76. The summed E-state index contributed by atoms with van der Waals surface area (Å²) in [4.78, 5) is 0. The minimum Gasteiger partial charge on any atom is -0.384 e. The van der Waals surface area contributed by atoms with E-state index in [1.165, 1.54) is 19.1 Å². The Morgan fingerprint density at radius 3 is 2.44 bits per heavy atom. The van der Waals surface area contributed by atoms with Crippen molar-refractivity contribution in [3.63, 3.8) is 0 Å². The van der Waals surface area contributed by atoms with Crippen LogP contribution in [-0.4, -0.2) is 17.7 Å². The molecular weight excluding hydrogens is 243 g/mol. The van der Waals surface area contributed by atoms with Crippen molar-refractivity contribution in [3.8, 4) is 0 Å². The maximum atomic E-state index is 12.6. The Hall–Kier alpha value is -1.07. The highest BCUT2D eigenvalue weighted by Gasteiger charge is 2.33. The van der Waals surface area contributed by atoms with Gasteiger partial charge in [0.1, 0.15) is 0 Å². The van der Waals surface area contributed by atoms with Gasteiger partial charge in [0, 0.05) is 12.6 Å². The van der Waals surface area contributed by atoms with Crippen molar-refractivity contribution in [2.45, 2.75) is 37.6 Å². The lowest BCUT2D eigenvalue weighted by atomic mass is 9.94. The summed E-state index contributed by atoms with van der Waals surface area (Å²) in [7, 11) is 0. The molecule has 2 nitrogen and oxygen atoms in total. The topological polar surface area (TPSA) is 32.3 Å². The minimum absolute atomic E-state index is 0.263. The molecular formula is C13H16F3NO. The fourth-order valence-electron chi connectivity index (χ4n) is 1.76. The van der Waals surface area contributed by atoms with Crippen molar-refractivity contribution in [1.29, 1.82) is 0 Å². The summed E-state index contributed by atoms with van der Waals surface area (Å²) in [5, 5.41) is 13.3. The average molecular weight is 259 g/mol. The molecule has 1 fully saturated rings. The summed E-state index contributed by atoms with van der Waals surface area (Å²) in [6.07, 6.45) is -2.24. The molecule has 0 heterocycles. The van der Waals surface area contributed by atoms with Crippen LogP contribution in [0.2, 0.25) is 0 Å². The molecule has 18 heavy (non-hydrogen) atoms. The van der Waals surface area contributed by atoms with Crippen LogP contribution >= 0.6 is 0 Å². The van der Waals surface area contributed by atoms with E-state index in [-0.39, 0.29) is 12.1 Å². The highest BCUT2D eigenvalue weighted by molar-refractivity contribution is 5.29. The van der Waals surface area contributed by atoms with Gasteiger partial charge in [-0.05, 0) is 37.5 Å². The third-order valence-electron chi connectivity index (χ3n) is 3.12. The van der Waals surface area contributed by atoms with E-state index >= 15 is 0 Å². The third-order valence-corrected chi connectivity index (χ3v) is 3.12. The molecule has 1 aromatic rings. The zero-order chi connectivity index (χ0) is 13.4. The van der Waals surface area contributed by atoms with Crippen LogP contribution in [0.4, 0.5) is 13.2 Å². The molecule has 0 spiro atoms. The summed E-state index contributed by atoms with van der Waals surface area (Å²) >= 11 is 0. The second kappa shape index (κ2) is 4.55. The van der Waals surface area contributed by atoms with Gasteiger partial charge in [-0.1, -0.05) is 12.1 Å². The maximum absolute atomic E-state index is 12.6. The van der Waals surface area contributed by atoms with Crippen LogP contribution in [-0.2, 0) is 11.8 Å². The van der Waals surface area contributed by atoms with Crippen molar-refractivity contribution in [3.05, 3.63) is 35.4 Å². The highest BCUT2D eigenvalue weighted by atomic mass is 19.4. The Kier molecular flexibility index (Phi) is 3.38. The van der Waals surface area contributed by atoms with E-state index in [0.717, 1.165) is 25.0 Å². The van der Waals surface area contributed by atoms with Crippen LogP contribution in [0, 0.1) is 0 Å². The Labute approximate surface area is 104 Å². The molecule has 0 saturated heterocycles. The number of hydrogen-bond donors (Lipinski definition) is 2. The minimum atomic E-state index is -4.38. The van der Waals surface area contributed by atoms with Crippen LogP contribution < -0.4 is 5.32 Å². The molecule has 1 aliphatic rings. The van der Waals surface area contributed by atoms with Crippen LogP contribution in [0.5, 0.6) is 0 Å². The Morgan fingerprint density at radius 2 is 1.89 bits per heavy atom. The van der Waals surface area contributed by atoms with Gasteiger partial charge in [0.25, 0.3) is 0 Å². The number of hydrogen-bond acceptors (Lipinski definition) is 2. The molecule has 0 aromatic heterocycles. The molecule has 1 aromatic carbocycles. The molecule has 5 heteroatoms. The molecule has 0 amide bonds. The first-order chi connectivity index (χ1) is 8.29. The largest absolute Gasteiger partial charge is 0.416 e. The van der Waals surface area contributed by atoms with Gasteiger partial charge in [0.05, 0.1) is 11.2 Å². The van der Waals surface area contributed by atoms with Gasteiger partial charge in [-0.25, -0.2) is 0 Å². The summed E-state index contributed by atoms with van der Waals surface area (Å²) < 4.78 is 37.7. The molecule has 100 valence electrons. The smallest absolute Gasteiger partial charge is 0.384 e. The first-order valence-corrected chi connectivity index (χ1v) is 5.92. The highest BCUT2D eigenvalue weighted by Crippen LogP contribution is 2.32. The summed E-state index contributed by atoms with van der Waals surface area (Å²) in [5.41, 5.74) is -1.73. The van der Waals surface area contributed by atoms with Crippen molar-refractivity contribution in [2.24, 2.45) is 0 Å². The lowest BCUT2D eigenvalue weighted by Crippen LogP contribution is -2.36. The van der Waals surface area contributed by atoms with E-state index in [1.807, 2.05) is 0 Å². The number of nitrogens with one attached hydrogen (secondary N) is 1. The Balaban J connectivity index is 2.15. The van der Waals surface area contributed by atoms with E-state index in [4.69, 9.17) is 0 Å². The normalized spacial score (nSPS) is 19.6. The predicted molar refractivity (Wildman–Crippen MR) is 62.0 cm³/mol. The molecule has 1 unspecified atom stereocenters. The van der Waals surface area contributed by atoms with Gasteiger partial charge in [-0.3, -0.25) is 0 Å². The van der Waals surface area contributed by atoms with Gasteiger partial charge in [-0.15, -0.1) is 0 Å². The van der Waals surface area contributed by atoms with E-state index in [9.17, 15) is 18.3 Å². The predicted octanol–water partition coefficient (Wildman–Crippen LogP) is 2.66. The average Bonchev–Trinajstić information content (AvgIpc) is 3.09. The van der Waals surface area contributed by atoms with Gasteiger partial charge >= 0.3 is 6.18 Å². The first kappa shape index (κ1) is 13.4. The first-order valence-electron chi connectivity index (χ1n) is 5.92. The Morgan fingerprint density at radius 1 is 1.28 bits per heavy atom. The van der Waals surface area contributed by atoms with Crippen LogP contribution in [0.25, 0.3) is 0 Å². The van der Waals surface area contributed by atoms with Crippen LogP contribution in [0.1, 0.15) is 30.9 Å². The number of alkyl halides is 3. The summed E-state index contributed by atoms with van der Waals surface area (Å²) in [6.45, 7) is 1.79. The van der Waals surface area contributed by atoms with Crippen molar-refractivity contribution in [1.82, 2.24) is 5.32 Å². The van der Waals surface area contributed by atoms with Crippen molar-refractivity contribution < 1.29 is 18.3 Å². The van der Waals surface area contributed by atoms with Crippen LogP contribution in [0.3, 0.4) is 0 Å². The van der Waals surface area contributed by atoms with Crippen molar-refractivity contribution in [2.75, 3.05) is 6.54 Å². The quantitative estimate of drug-likeness (QED) is 0.871. The lowest BCUT2D eigenvalue weighted by Gasteiger charge is -2.25. The Bertz CT molecular complexity index is 424. The number of aliphatic hydroxyl groups is 1. The molecule has 0 aliphatic heterocycles. The maximum Gasteiger partial charge on any atom is 0.416 e. The zero-order valence-electron chi connectivity index (χ0n) is 10.1. The fraction of sp³-hybridized carbons (Fsp3) is 0.538. The monoisotopic (exact) mass is 259 g/mol. The van der Waals surface area contributed by atoms with E-state index in [1.54, 1.807) is 0 Å². The number of benzene rings is 1. The van der Waals surface area contributed by atoms with Gasteiger partial charge in [0.2, 0.25) is 0 Å². The third kappa shape index (κ3) is 3.23. The summed E-state index contributed by atoms with van der Waals surface area (Å²) in [5.74, 6) is 0. The zero-order valence-corrected chi connectivity index (χ0v) is 10.1. The van der Waals surface area contributed by atoms with E-state index in [2.05, 4.69) is 5.32 Å². The molecule has 1 aliphatic carbocycles. The standard InChI is InChI=1S/C13H16F3NO/c1-12(18,8-17-11-5-6-11)9-3-2-4-10(7-9)13(14,15)16/h2-4,7,11,17-18H,5-6,8H2,1H3. The van der Waals surface area contributed by atoms with Crippen molar-refractivity contribution >= 4 is 0 Å². The molecule has 2 rings (SSSR count).